The van der Waals surface area contributed by atoms with Crippen molar-refractivity contribution in [3.05, 3.63) is 29.7 Å². The third-order valence-electron chi connectivity index (χ3n) is 8.27. The molecule has 3 aromatic heterocycles. The summed E-state index contributed by atoms with van der Waals surface area (Å²) in [4.78, 5) is 30.4. The lowest BCUT2D eigenvalue weighted by Crippen LogP contribution is -2.31. The Balaban J connectivity index is 1.65. The number of anilines is 1. The zero-order valence-electron chi connectivity index (χ0n) is 21.9. The molecule has 0 amide bonds. The second-order valence-electron chi connectivity index (χ2n) is 11.3. The molecule has 2 N–H and O–H groups in total. The largest absolute Gasteiger partial charge is 0.475 e. The molecule has 0 spiro atoms. The van der Waals surface area contributed by atoms with Crippen molar-refractivity contribution in [2.45, 2.75) is 91.1 Å². The number of aromatic nitrogens is 5. The summed E-state index contributed by atoms with van der Waals surface area (Å²) >= 11 is 0. The van der Waals surface area contributed by atoms with Gasteiger partial charge in [-0.05, 0) is 74.0 Å². The van der Waals surface area contributed by atoms with Gasteiger partial charge in [-0.25, -0.2) is 19.7 Å². The molecule has 36 heavy (non-hydrogen) atoms. The Morgan fingerprint density at radius 3 is 2.50 bits per heavy atom. The Kier molecular flexibility index (Phi) is 6.95. The molecule has 2 fully saturated rings. The molecule has 2 aliphatic rings. The maximum atomic E-state index is 11.9. The van der Waals surface area contributed by atoms with E-state index in [2.05, 4.69) is 58.6 Å². The van der Waals surface area contributed by atoms with Crippen molar-refractivity contribution in [3.63, 3.8) is 0 Å². The third-order valence-corrected chi connectivity index (χ3v) is 8.27. The average Bonchev–Trinajstić information content (AvgIpc) is 3.18. The number of carbonyl (C=O) groups is 1. The van der Waals surface area contributed by atoms with E-state index in [9.17, 15) is 9.90 Å². The minimum atomic E-state index is -1.14. The number of carboxylic acids is 1. The number of nitrogens with one attached hydrogen (secondary N) is 1. The number of nitrogens with zero attached hydrogens (tertiary/aromatic N) is 5. The molecule has 8 nitrogen and oxygen atoms in total. The smallest absolute Gasteiger partial charge is 0.374 e. The lowest BCUT2D eigenvalue weighted by molar-refractivity contribution is 0.0684. The van der Waals surface area contributed by atoms with Crippen LogP contribution in [0.25, 0.3) is 22.7 Å². The molecule has 192 valence electrons. The zero-order valence-corrected chi connectivity index (χ0v) is 21.9. The highest BCUT2D eigenvalue weighted by Gasteiger charge is 2.29. The summed E-state index contributed by atoms with van der Waals surface area (Å²) in [6.07, 6.45) is 10.3. The molecule has 5 rings (SSSR count). The van der Waals surface area contributed by atoms with Crippen LogP contribution in [0.5, 0.6) is 0 Å². The Morgan fingerprint density at radius 2 is 1.86 bits per heavy atom. The van der Waals surface area contributed by atoms with E-state index in [0.717, 1.165) is 29.5 Å². The molecule has 0 radical (unpaired) electrons. The summed E-state index contributed by atoms with van der Waals surface area (Å²) in [7, 11) is 0. The summed E-state index contributed by atoms with van der Waals surface area (Å²) in [5.74, 6) is 2.17. The first-order chi connectivity index (χ1) is 17.3. The molecular weight excluding hydrogens is 452 g/mol. The van der Waals surface area contributed by atoms with Crippen molar-refractivity contribution in [2.24, 2.45) is 17.8 Å². The van der Waals surface area contributed by atoms with Crippen molar-refractivity contribution in [1.82, 2.24) is 24.5 Å². The van der Waals surface area contributed by atoms with Crippen LogP contribution in [0.1, 0.15) is 94.7 Å². The summed E-state index contributed by atoms with van der Waals surface area (Å²) in [6.45, 7) is 9.63. The number of hydrogen-bond donors (Lipinski definition) is 2. The normalized spacial score (nSPS) is 21.5. The van der Waals surface area contributed by atoms with Crippen molar-refractivity contribution in [3.8, 4) is 11.5 Å². The number of hydrogen-bond acceptors (Lipinski definition) is 6. The van der Waals surface area contributed by atoms with Gasteiger partial charge in [-0.3, -0.25) is 4.98 Å². The molecule has 0 unspecified atom stereocenters. The number of carboxylic acid groups (broad SMARTS) is 1. The van der Waals surface area contributed by atoms with Crippen LogP contribution in [0, 0.1) is 17.8 Å². The van der Waals surface area contributed by atoms with Crippen LogP contribution in [-0.2, 0) is 6.54 Å². The Hall–Kier alpha value is -3.03. The zero-order chi connectivity index (χ0) is 25.4. The summed E-state index contributed by atoms with van der Waals surface area (Å²) < 4.78 is 2.21. The molecule has 0 aliphatic heterocycles. The highest BCUT2D eigenvalue weighted by Crippen LogP contribution is 2.36. The molecule has 2 saturated carbocycles. The fourth-order valence-electron chi connectivity index (χ4n) is 5.58. The van der Waals surface area contributed by atoms with Gasteiger partial charge >= 0.3 is 5.97 Å². The second-order valence-corrected chi connectivity index (χ2v) is 11.3. The highest BCUT2D eigenvalue weighted by molar-refractivity contribution is 5.92. The first kappa shape index (κ1) is 24.7. The highest BCUT2D eigenvalue weighted by atomic mass is 16.4. The van der Waals surface area contributed by atoms with E-state index in [1.165, 1.54) is 50.5 Å². The van der Waals surface area contributed by atoms with Crippen LogP contribution in [0.3, 0.4) is 0 Å². The topological polar surface area (TPSA) is 106 Å². The first-order valence-corrected chi connectivity index (χ1v) is 13.5. The standard InChI is InChI=1S/C28H38N6O2/c1-16(2)21-12-13-29-22(14-21)27-33-25-23(34(27)15-19-10-8-17(3)9-11-19)24(31-26(32-25)28(35)36)30-18(4)20-6-5-7-20/h12-14,16-20H,5-11,15H2,1-4H3,(H,35,36)(H,30,31,32)/t17?,18-,19?/m1/s1. The SMILES string of the molecule is CC1CCC(Cn2c(-c3cc(C(C)C)ccn3)nc3nc(C(=O)O)nc(N[C@H](C)C4CCC4)c32)CC1. The van der Waals surface area contributed by atoms with E-state index < -0.39 is 5.97 Å². The number of fused-ring (bicyclic) bond motifs is 1. The van der Waals surface area contributed by atoms with Gasteiger partial charge in [0.05, 0.1) is 0 Å². The molecule has 1 atom stereocenters. The van der Waals surface area contributed by atoms with Crippen LogP contribution in [0.15, 0.2) is 18.3 Å². The molecule has 0 saturated heterocycles. The van der Waals surface area contributed by atoms with Gasteiger partial charge in [0.25, 0.3) is 0 Å². The van der Waals surface area contributed by atoms with Crippen molar-refractivity contribution in [2.75, 3.05) is 5.32 Å². The summed E-state index contributed by atoms with van der Waals surface area (Å²) in [6, 6.07) is 4.34. The van der Waals surface area contributed by atoms with Crippen LogP contribution < -0.4 is 5.32 Å². The molecule has 0 bridgehead atoms. The van der Waals surface area contributed by atoms with Crippen molar-refractivity contribution >= 4 is 23.0 Å². The van der Waals surface area contributed by atoms with Crippen LogP contribution in [0.2, 0.25) is 0 Å². The van der Waals surface area contributed by atoms with Crippen LogP contribution in [0.4, 0.5) is 5.82 Å². The van der Waals surface area contributed by atoms with Gasteiger partial charge in [-0.1, -0.05) is 40.0 Å². The average molecular weight is 491 g/mol. The molecule has 3 aromatic rings. The lowest BCUT2D eigenvalue weighted by Gasteiger charge is -2.32. The number of imidazole rings is 1. The molecule has 8 heteroatoms. The third kappa shape index (κ3) is 4.95. The van der Waals surface area contributed by atoms with Gasteiger partial charge in [-0.2, -0.15) is 0 Å². The first-order valence-electron chi connectivity index (χ1n) is 13.5. The minimum absolute atomic E-state index is 0.197. The van der Waals surface area contributed by atoms with Gasteiger partial charge in [0.1, 0.15) is 11.2 Å². The molecule has 2 aliphatic carbocycles. The van der Waals surface area contributed by atoms with E-state index in [1.807, 2.05) is 12.3 Å². The maximum absolute atomic E-state index is 11.9. The van der Waals surface area contributed by atoms with E-state index in [-0.39, 0.29) is 11.9 Å². The van der Waals surface area contributed by atoms with Crippen LogP contribution in [-0.4, -0.2) is 41.6 Å². The summed E-state index contributed by atoms with van der Waals surface area (Å²) in [5, 5.41) is 13.3. The second kappa shape index (κ2) is 10.1. The Bertz CT molecular complexity index is 1240. The minimum Gasteiger partial charge on any atom is -0.475 e. The Morgan fingerprint density at radius 1 is 1.11 bits per heavy atom. The lowest BCUT2D eigenvalue weighted by atomic mass is 9.80. The maximum Gasteiger partial charge on any atom is 0.374 e. The number of pyridine rings is 1. The van der Waals surface area contributed by atoms with E-state index in [0.29, 0.717) is 29.2 Å². The number of rotatable bonds is 8. The predicted octanol–water partition coefficient (Wildman–Crippen LogP) is 6.14. The summed E-state index contributed by atoms with van der Waals surface area (Å²) in [5.41, 5.74) is 3.19. The fraction of sp³-hybridized carbons (Fsp3) is 0.607. The van der Waals surface area contributed by atoms with E-state index in [1.54, 1.807) is 0 Å². The molecule has 0 aromatic carbocycles. The van der Waals surface area contributed by atoms with Gasteiger partial charge < -0.3 is 15.0 Å². The van der Waals surface area contributed by atoms with Crippen molar-refractivity contribution in [1.29, 1.82) is 0 Å². The molecular formula is C28H38N6O2. The quantitative estimate of drug-likeness (QED) is 0.391. The van der Waals surface area contributed by atoms with Gasteiger partial charge in [0, 0.05) is 18.8 Å². The monoisotopic (exact) mass is 490 g/mol. The van der Waals surface area contributed by atoms with Gasteiger partial charge in [0.2, 0.25) is 5.82 Å². The number of aromatic carboxylic acids is 1. The van der Waals surface area contributed by atoms with E-state index >= 15 is 0 Å². The Labute approximate surface area is 213 Å². The fourth-order valence-corrected chi connectivity index (χ4v) is 5.58. The van der Waals surface area contributed by atoms with Crippen molar-refractivity contribution < 1.29 is 9.90 Å². The van der Waals surface area contributed by atoms with Gasteiger partial charge in [-0.15, -0.1) is 0 Å². The molecule has 3 heterocycles. The predicted molar refractivity (Wildman–Crippen MR) is 141 cm³/mol. The van der Waals surface area contributed by atoms with Gasteiger partial charge in [0.15, 0.2) is 17.3 Å². The van der Waals surface area contributed by atoms with Crippen LogP contribution >= 0.6 is 0 Å². The van der Waals surface area contributed by atoms with E-state index in [4.69, 9.17) is 4.98 Å².